The standard InChI is InChI=1S/C11H11BrF2N4/c1-15-9(10-11(12)16-17-18(10)2)8-6(13)4-3-5-7(8)14/h3-5,9,15H,1-2H3. The molecule has 0 aliphatic carbocycles. The van der Waals surface area contributed by atoms with Crippen LogP contribution in [-0.2, 0) is 7.05 Å². The number of aromatic nitrogens is 3. The molecule has 0 radical (unpaired) electrons. The maximum absolute atomic E-state index is 13.8. The average molecular weight is 317 g/mol. The minimum atomic E-state index is -0.666. The summed E-state index contributed by atoms with van der Waals surface area (Å²) in [5.41, 5.74) is 0.507. The summed E-state index contributed by atoms with van der Waals surface area (Å²) in [7, 11) is 3.28. The van der Waals surface area contributed by atoms with Crippen LogP contribution in [0.25, 0.3) is 0 Å². The van der Waals surface area contributed by atoms with Crippen LogP contribution in [0.2, 0.25) is 0 Å². The predicted octanol–water partition coefficient (Wildman–Crippen LogP) is 2.16. The van der Waals surface area contributed by atoms with Crippen LogP contribution >= 0.6 is 15.9 Å². The first-order valence-corrected chi connectivity index (χ1v) is 6.01. The maximum Gasteiger partial charge on any atom is 0.153 e. The van der Waals surface area contributed by atoms with Crippen molar-refractivity contribution in [2.75, 3.05) is 7.05 Å². The van der Waals surface area contributed by atoms with E-state index in [2.05, 4.69) is 31.6 Å². The molecule has 0 bridgehead atoms. The summed E-state index contributed by atoms with van der Waals surface area (Å²) < 4.78 is 29.5. The summed E-state index contributed by atoms with van der Waals surface area (Å²) in [6, 6.07) is 3.11. The lowest BCUT2D eigenvalue weighted by molar-refractivity contribution is 0.505. The third kappa shape index (κ3) is 2.15. The van der Waals surface area contributed by atoms with Gasteiger partial charge in [-0.25, -0.2) is 13.5 Å². The summed E-state index contributed by atoms with van der Waals surface area (Å²) in [5, 5.41) is 10.5. The third-order valence-corrected chi connectivity index (χ3v) is 3.24. The van der Waals surface area contributed by atoms with Gasteiger partial charge in [-0.05, 0) is 35.1 Å². The van der Waals surface area contributed by atoms with E-state index in [1.54, 1.807) is 14.1 Å². The second-order valence-electron chi connectivity index (χ2n) is 3.75. The van der Waals surface area contributed by atoms with Crippen molar-refractivity contribution < 1.29 is 8.78 Å². The molecule has 7 heteroatoms. The number of nitrogens with zero attached hydrogens (tertiary/aromatic N) is 3. The van der Waals surface area contributed by atoms with E-state index in [9.17, 15) is 8.78 Å². The van der Waals surface area contributed by atoms with Crippen LogP contribution in [0, 0.1) is 11.6 Å². The average Bonchev–Trinajstić information content (AvgIpc) is 2.65. The molecule has 0 fully saturated rings. The fourth-order valence-electron chi connectivity index (χ4n) is 1.85. The largest absolute Gasteiger partial charge is 0.308 e. The summed E-state index contributed by atoms with van der Waals surface area (Å²) in [5.74, 6) is -1.22. The lowest BCUT2D eigenvalue weighted by atomic mass is 10.0. The first kappa shape index (κ1) is 13.1. The number of halogens is 3. The van der Waals surface area contributed by atoms with E-state index >= 15 is 0 Å². The molecule has 2 rings (SSSR count). The van der Waals surface area contributed by atoms with Crippen molar-refractivity contribution >= 4 is 15.9 Å². The Bertz CT molecular complexity index is 530. The molecule has 2 aromatic rings. The monoisotopic (exact) mass is 316 g/mol. The first-order chi connectivity index (χ1) is 8.56. The molecule has 0 saturated carbocycles. The second-order valence-corrected chi connectivity index (χ2v) is 4.50. The summed E-state index contributed by atoms with van der Waals surface area (Å²) in [6.07, 6.45) is 0. The fraction of sp³-hybridized carbons (Fsp3) is 0.273. The third-order valence-electron chi connectivity index (χ3n) is 2.68. The molecule has 18 heavy (non-hydrogen) atoms. The molecular weight excluding hydrogens is 306 g/mol. The lowest BCUT2D eigenvalue weighted by Crippen LogP contribution is -2.23. The van der Waals surface area contributed by atoms with Gasteiger partial charge < -0.3 is 5.32 Å². The van der Waals surface area contributed by atoms with Crippen LogP contribution in [0.15, 0.2) is 22.8 Å². The molecule has 1 unspecified atom stereocenters. The van der Waals surface area contributed by atoms with E-state index in [-0.39, 0.29) is 5.56 Å². The second kappa shape index (κ2) is 5.11. The molecule has 1 atom stereocenters. The number of hydrogen-bond donors (Lipinski definition) is 1. The van der Waals surface area contributed by atoms with E-state index in [1.165, 1.54) is 22.9 Å². The molecule has 1 aromatic heterocycles. The molecule has 0 amide bonds. The van der Waals surface area contributed by atoms with Gasteiger partial charge in [-0.3, -0.25) is 0 Å². The Balaban J connectivity index is 2.59. The van der Waals surface area contributed by atoms with Crippen LogP contribution < -0.4 is 5.32 Å². The van der Waals surface area contributed by atoms with E-state index in [0.29, 0.717) is 10.3 Å². The Morgan fingerprint density at radius 3 is 2.39 bits per heavy atom. The number of nitrogens with one attached hydrogen (secondary N) is 1. The van der Waals surface area contributed by atoms with Crippen molar-refractivity contribution in [3.05, 3.63) is 45.7 Å². The lowest BCUT2D eigenvalue weighted by Gasteiger charge is -2.18. The van der Waals surface area contributed by atoms with Gasteiger partial charge in [0, 0.05) is 12.6 Å². The molecule has 1 aromatic carbocycles. The topological polar surface area (TPSA) is 42.7 Å². The first-order valence-electron chi connectivity index (χ1n) is 5.22. The van der Waals surface area contributed by atoms with E-state index in [4.69, 9.17) is 0 Å². The highest BCUT2D eigenvalue weighted by Crippen LogP contribution is 2.29. The normalized spacial score (nSPS) is 12.7. The minimum Gasteiger partial charge on any atom is -0.308 e. The highest BCUT2D eigenvalue weighted by molar-refractivity contribution is 9.10. The minimum absolute atomic E-state index is 0.0499. The van der Waals surface area contributed by atoms with E-state index in [1.807, 2.05) is 0 Å². The van der Waals surface area contributed by atoms with Crippen molar-refractivity contribution in [3.8, 4) is 0 Å². The molecule has 0 aliphatic heterocycles. The Hall–Kier alpha value is -1.34. The molecule has 0 aliphatic rings. The van der Waals surface area contributed by atoms with Crippen LogP contribution in [0.1, 0.15) is 17.3 Å². The zero-order chi connectivity index (χ0) is 13.3. The maximum atomic E-state index is 13.8. The van der Waals surface area contributed by atoms with Crippen molar-refractivity contribution in [1.82, 2.24) is 20.3 Å². The van der Waals surface area contributed by atoms with Crippen LogP contribution in [-0.4, -0.2) is 22.0 Å². The van der Waals surface area contributed by atoms with Crippen molar-refractivity contribution in [2.24, 2.45) is 7.05 Å². The van der Waals surface area contributed by atoms with Gasteiger partial charge in [0.15, 0.2) is 4.60 Å². The number of aryl methyl sites for hydroxylation is 1. The number of rotatable bonds is 3. The van der Waals surface area contributed by atoms with Crippen LogP contribution in [0.3, 0.4) is 0 Å². The van der Waals surface area contributed by atoms with Crippen molar-refractivity contribution in [1.29, 1.82) is 0 Å². The van der Waals surface area contributed by atoms with E-state index in [0.717, 1.165) is 0 Å². The number of hydrogen-bond acceptors (Lipinski definition) is 3. The van der Waals surface area contributed by atoms with Gasteiger partial charge in [0.2, 0.25) is 0 Å². The van der Waals surface area contributed by atoms with Gasteiger partial charge in [-0.15, -0.1) is 5.10 Å². The summed E-state index contributed by atoms with van der Waals surface area (Å²) in [6.45, 7) is 0. The van der Waals surface area contributed by atoms with Crippen molar-refractivity contribution in [3.63, 3.8) is 0 Å². The smallest absolute Gasteiger partial charge is 0.153 e. The molecule has 0 spiro atoms. The van der Waals surface area contributed by atoms with Crippen molar-refractivity contribution in [2.45, 2.75) is 6.04 Å². The molecule has 4 nitrogen and oxygen atoms in total. The number of benzene rings is 1. The predicted molar refractivity (Wildman–Crippen MR) is 66.0 cm³/mol. The Morgan fingerprint density at radius 2 is 1.94 bits per heavy atom. The molecule has 1 heterocycles. The highest BCUT2D eigenvalue weighted by Gasteiger charge is 2.25. The highest BCUT2D eigenvalue weighted by atomic mass is 79.9. The molecular formula is C11H11BrF2N4. The zero-order valence-electron chi connectivity index (χ0n) is 9.78. The van der Waals surface area contributed by atoms with Gasteiger partial charge in [0.1, 0.15) is 11.6 Å². The Kier molecular flexibility index (Phi) is 3.72. The van der Waals surface area contributed by atoms with Gasteiger partial charge in [0.05, 0.1) is 11.7 Å². The molecule has 0 saturated heterocycles. The van der Waals surface area contributed by atoms with Crippen LogP contribution in [0.4, 0.5) is 8.78 Å². The summed E-state index contributed by atoms with van der Waals surface area (Å²) >= 11 is 3.23. The van der Waals surface area contributed by atoms with E-state index < -0.39 is 17.7 Å². The quantitative estimate of drug-likeness (QED) is 0.943. The van der Waals surface area contributed by atoms with Gasteiger partial charge in [-0.2, -0.15) is 0 Å². The van der Waals surface area contributed by atoms with Gasteiger partial charge in [-0.1, -0.05) is 11.3 Å². The summed E-state index contributed by atoms with van der Waals surface area (Å²) in [4.78, 5) is 0. The molecule has 1 N–H and O–H groups in total. The Labute approximate surface area is 111 Å². The molecule has 96 valence electrons. The zero-order valence-corrected chi connectivity index (χ0v) is 11.4. The van der Waals surface area contributed by atoms with Crippen LogP contribution in [0.5, 0.6) is 0 Å². The van der Waals surface area contributed by atoms with Gasteiger partial charge >= 0.3 is 0 Å². The Morgan fingerprint density at radius 1 is 1.33 bits per heavy atom. The van der Waals surface area contributed by atoms with Gasteiger partial charge in [0.25, 0.3) is 0 Å². The SMILES string of the molecule is CNC(c1c(F)cccc1F)c1c(Br)nnn1C. The fourth-order valence-corrected chi connectivity index (χ4v) is 2.41.